The quantitative estimate of drug-likeness (QED) is 0.726. The number of carbonyl (C=O) groups excluding carboxylic acids is 1. The molecule has 2 aromatic carbocycles. The summed E-state index contributed by atoms with van der Waals surface area (Å²) < 4.78 is 28.2. The lowest BCUT2D eigenvalue weighted by molar-refractivity contribution is -0.125. The van der Waals surface area contributed by atoms with E-state index in [0.717, 1.165) is 17.7 Å². The lowest BCUT2D eigenvalue weighted by Gasteiger charge is -2.26. The summed E-state index contributed by atoms with van der Waals surface area (Å²) in [5, 5.41) is 0.451. The van der Waals surface area contributed by atoms with E-state index in [9.17, 15) is 13.2 Å². The molecule has 0 fully saturated rings. The van der Waals surface area contributed by atoms with E-state index in [1.165, 1.54) is 12.1 Å². The second-order valence-corrected chi connectivity index (χ2v) is 10.4. The third-order valence-electron chi connectivity index (χ3n) is 4.62. The molecule has 0 radical (unpaired) electrons. The Hall–Kier alpha value is -1.76. The molecule has 0 atom stereocenters. The van der Waals surface area contributed by atoms with Crippen molar-refractivity contribution in [1.82, 2.24) is 0 Å². The summed E-state index contributed by atoms with van der Waals surface area (Å²) >= 11 is 12.1. The van der Waals surface area contributed by atoms with Crippen LogP contribution in [0.3, 0.4) is 0 Å². The lowest BCUT2D eigenvalue weighted by atomic mass is 9.94. The SMILES string of the molecule is Cc1cc(S(=O)(=O)Nc2ccc3c(c2)N(C(=O)C(C)(C)C)CC3)c(Cl)cc1Cl. The van der Waals surface area contributed by atoms with Gasteiger partial charge in [0.15, 0.2) is 0 Å². The Labute approximate surface area is 175 Å². The summed E-state index contributed by atoms with van der Waals surface area (Å²) in [5.74, 6) is 0.00243. The molecule has 0 saturated carbocycles. The topological polar surface area (TPSA) is 66.5 Å². The van der Waals surface area contributed by atoms with Gasteiger partial charge in [-0.3, -0.25) is 9.52 Å². The van der Waals surface area contributed by atoms with Crippen LogP contribution in [0.25, 0.3) is 0 Å². The van der Waals surface area contributed by atoms with Gasteiger partial charge in [0.05, 0.1) is 10.7 Å². The van der Waals surface area contributed by atoms with Gasteiger partial charge >= 0.3 is 0 Å². The zero-order valence-corrected chi connectivity index (χ0v) is 18.5. The fourth-order valence-electron chi connectivity index (χ4n) is 3.11. The number of nitrogens with zero attached hydrogens (tertiary/aromatic N) is 1. The highest BCUT2D eigenvalue weighted by atomic mass is 35.5. The Morgan fingerprint density at radius 3 is 2.43 bits per heavy atom. The van der Waals surface area contributed by atoms with Crippen LogP contribution in [-0.4, -0.2) is 20.9 Å². The molecule has 0 spiro atoms. The molecule has 1 aliphatic rings. The molecular formula is C20H22Cl2N2O3S. The van der Waals surface area contributed by atoms with Crippen LogP contribution in [0.2, 0.25) is 10.0 Å². The van der Waals surface area contributed by atoms with Crippen molar-refractivity contribution < 1.29 is 13.2 Å². The van der Waals surface area contributed by atoms with E-state index >= 15 is 0 Å². The van der Waals surface area contributed by atoms with Crippen molar-refractivity contribution >= 4 is 50.5 Å². The zero-order chi connectivity index (χ0) is 20.9. The van der Waals surface area contributed by atoms with Crippen LogP contribution in [0.1, 0.15) is 31.9 Å². The van der Waals surface area contributed by atoms with Gasteiger partial charge < -0.3 is 4.90 Å². The van der Waals surface area contributed by atoms with Crippen LogP contribution in [0.4, 0.5) is 11.4 Å². The van der Waals surface area contributed by atoms with E-state index < -0.39 is 15.4 Å². The Morgan fingerprint density at radius 1 is 1.11 bits per heavy atom. The molecule has 1 amide bonds. The molecule has 0 bridgehead atoms. The standard InChI is InChI=1S/C20H22Cl2N2O3S/c1-12-9-18(16(22)11-15(12)21)28(26,27)23-14-6-5-13-7-8-24(17(13)10-14)19(25)20(2,3)4/h5-6,9-11,23H,7-8H2,1-4H3. The molecular weight excluding hydrogens is 419 g/mol. The predicted octanol–water partition coefficient (Wildman–Crippen LogP) is 5.04. The smallest absolute Gasteiger partial charge is 0.263 e. The maximum atomic E-state index is 12.8. The summed E-state index contributed by atoms with van der Waals surface area (Å²) in [7, 11) is -3.91. The number of sulfonamides is 1. The van der Waals surface area contributed by atoms with E-state index in [4.69, 9.17) is 23.2 Å². The summed E-state index contributed by atoms with van der Waals surface area (Å²) in [5.41, 5.74) is 2.21. The largest absolute Gasteiger partial charge is 0.311 e. The monoisotopic (exact) mass is 440 g/mol. The maximum absolute atomic E-state index is 12.8. The van der Waals surface area contributed by atoms with E-state index in [0.29, 0.717) is 22.8 Å². The Balaban J connectivity index is 1.95. The fourth-order valence-corrected chi connectivity index (χ4v) is 4.99. The van der Waals surface area contributed by atoms with Crippen molar-refractivity contribution in [3.63, 3.8) is 0 Å². The zero-order valence-electron chi connectivity index (χ0n) is 16.1. The Bertz CT molecular complexity index is 1060. The van der Waals surface area contributed by atoms with Crippen LogP contribution in [0.15, 0.2) is 35.2 Å². The normalized spacial score (nSPS) is 14.1. The summed E-state index contributed by atoms with van der Waals surface area (Å²) in [6, 6.07) is 8.09. The van der Waals surface area contributed by atoms with Crippen molar-refractivity contribution in [3.05, 3.63) is 51.5 Å². The number of benzene rings is 2. The second kappa shape index (κ2) is 7.25. The van der Waals surface area contributed by atoms with Crippen LogP contribution in [-0.2, 0) is 21.2 Å². The average molecular weight is 441 g/mol. The maximum Gasteiger partial charge on any atom is 0.263 e. The molecule has 8 heteroatoms. The van der Waals surface area contributed by atoms with Gasteiger partial charge in [-0.05, 0) is 48.7 Å². The molecule has 2 aromatic rings. The Kier molecular flexibility index (Phi) is 5.42. The van der Waals surface area contributed by atoms with Crippen molar-refractivity contribution in [1.29, 1.82) is 0 Å². The number of carbonyl (C=O) groups is 1. The van der Waals surface area contributed by atoms with Gasteiger partial charge in [-0.2, -0.15) is 0 Å². The molecule has 0 aromatic heterocycles. The second-order valence-electron chi connectivity index (χ2n) is 7.94. The van der Waals surface area contributed by atoms with Crippen molar-refractivity contribution in [2.24, 2.45) is 5.41 Å². The van der Waals surface area contributed by atoms with Crippen molar-refractivity contribution in [2.75, 3.05) is 16.2 Å². The first-order chi connectivity index (χ1) is 12.9. The highest BCUT2D eigenvalue weighted by Gasteiger charge is 2.32. The summed E-state index contributed by atoms with van der Waals surface area (Å²) in [6.07, 6.45) is 0.742. The number of amides is 1. The van der Waals surface area contributed by atoms with Gasteiger partial charge in [0, 0.05) is 22.7 Å². The molecule has 0 unspecified atom stereocenters. The predicted molar refractivity (Wildman–Crippen MR) is 114 cm³/mol. The third kappa shape index (κ3) is 4.00. The molecule has 150 valence electrons. The number of fused-ring (bicyclic) bond motifs is 1. The van der Waals surface area contributed by atoms with Crippen LogP contribution in [0, 0.1) is 12.3 Å². The van der Waals surface area contributed by atoms with Crippen molar-refractivity contribution in [2.45, 2.75) is 39.0 Å². The van der Waals surface area contributed by atoms with Gasteiger partial charge in [-0.1, -0.05) is 50.0 Å². The summed E-state index contributed by atoms with van der Waals surface area (Å²) in [4.78, 5) is 14.4. The van der Waals surface area contributed by atoms with Gasteiger partial charge in [-0.25, -0.2) is 8.42 Å². The third-order valence-corrected chi connectivity index (χ3v) is 6.88. The molecule has 3 rings (SSSR count). The highest BCUT2D eigenvalue weighted by Crippen LogP contribution is 2.35. The van der Waals surface area contributed by atoms with Crippen LogP contribution < -0.4 is 9.62 Å². The van der Waals surface area contributed by atoms with Crippen LogP contribution >= 0.6 is 23.2 Å². The molecule has 28 heavy (non-hydrogen) atoms. The minimum atomic E-state index is -3.91. The van der Waals surface area contributed by atoms with E-state index in [2.05, 4.69) is 4.72 Å². The fraction of sp³-hybridized carbons (Fsp3) is 0.350. The van der Waals surface area contributed by atoms with Gasteiger partial charge in [0.25, 0.3) is 10.0 Å². The molecule has 1 heterocycles. The molecule has 1 aliphatic heterocycles. The van der Waals surface area contributed by atoms with Gasteiger partial charge in [0.1, 0.15) is 4.90 Å². The number of nitrogens with one attached hydrogen (secondary N) is 1. The first-order valence-electron chi connectivity index (χ1n) is 8.83. The number of hydrogen-bond donors (Lipinski definition) is 1. The number of halogens is 2. The lowest BCUT2D eigenvalue weighted by Crippen LogP contribution is -2.38. The number of rotatable bonds is 3. The minimum absolute atomic E-state index is 0.00243. The number of anilines is 2. The van der Waals surface area contributed by atoms with Crippen LogP contribution in [0.5, 0.6) is 0 Å². The summed E-state index contributed by atoms with van der Waals surface area (Å²) in [6.45, 7) is 7.90. The van der Waals surface area contributed by atoms with Crippen molar-refractivity contribution in [3.8, 4) is 0 Å². The molecule has 5 nitrogen and oxygen atoms in total. The molecule has 0 aliphatic carbocycles. The van der Waals surface area contributed by atoms with E-state index in [1.807, 2.05) is 26.8 Å². The first-order valence-corrected chi connectivity index (χ1v) is 11.1. The van der Waals surface area contributed by atoms with E-state index in [1.54, 1.807) is 24.0 Å². The van der Waals surface area contributed by atoms with E-state index in [-0.39, 0.29) is 15.8 Å². The number of hydrogen-bond acceptors (Lipinski definition) is 3. The van der Waals surface area contributed by atoms with Gasteiger partial charge in [-0.15, -0.1) is 0 Å². The average Bonchev–Trinajstić information content (AvgIpc) is 2.99. The Morgan fingerprint density at radius 2 is 1.79 bits per heavy atom. The molecule has 0 saturated heterocycles. The highest BCUT2D eigenvalue weighted by molar-refractivity contribution is 7.92. The first kappa shape index (κ1) is 21.0. The van der Waals surface area contributed by atoms with Gasteiger partial charge in [0.2, 0.25) is 5.91 Å². The minimum Gasteiger partial charge on any atom is -0.311 e. The number of aryl methyl sites for hydroxylation is 1. The molecule has 1 N–H and O–H groups in total.